The van der Waals surface area contributed by atoms with E-state index < -0.39 is 0 Å². The summed E-state index contributed by atoms with van der Waals surface area (Å²) >= 11 is 3.89. The maximum atomic E-state index is 11.0. The molecular weight excluding hydrogens is 170 g/mol. The molecule has 0 amide bonds. The molecule has 1 fully saturated rings. The highest BCUT2D eigenvalue weighted by Crippen LogP contribution is 2.27. The van der Waals surface area contributed by atoms with Gasteiger partial charge in [0.1, 0.15) is 0 Å². The molecule has 0 aliphatic heterocycles. The predicted octanol–water partition coefficient (Wildman–Crippen LogP) is 1.56. The Kier molecular flexibility index (Phi) is 3.59. The third-order valence-corrected chi connectivity index (χ3v) is 3.09. The molecule has 1 rings (SSSR count). The van der Waals surface area contributed by atoms with E-state index in [1.54, 1.807) is 0 Å². The standard InChI is InChI=1S/C9H17NOS/c1-10(2)8-5-3-4-7(6-8)9(11)12/h7-8H,3-6H2,1-2H3,(H,11,12). The number of rotatable bonds is 2. The fraction of sp³-hybridized carbons (Fsp3) is 0.889. The van der Waals surface area contributed by atoms with Crippen molar-refractivity contribution in [2.24, 2.45) is 5.92 Å². The maximum Gasteiger partial charge on any atom is 0.189 e. The summed E-state index contributed by atoms with van der Waals surface area (Å²) in [6, 6.07) is 0.583. The Morgan fingerprint density at radius 1 is 1.42 bits per heavy atom. The van der Waals surface area contributed by atoms with Crippen LogP contribution in [0.4, 0.5) is 0 Å². The van der Waals surface area contributed by atoms with Crippen LogP contribution in [0.5, 0.6) is 0 Å². The molecular formula is C9H17NOS. The third kappa shape index (κ3) is 2.49. The maximum absolute atomic E-state index is 11.0. The Morgan fingerprint density at radius 2 is 2.08 bits per heavy atom. The van der Waals surface area contributed by atoms with Gasteiger partial charge in [-0.25, -0.2) is 0 Å². The van der Waals surface area contributed by atoms with Crippen LogP contribution in [-0.2, 0) is 4.79 Å². The van der Waals surface area contributed by atoms with Crippen molar-refractivity contribution in [2.75, 3.05) is 14.1 Å². The van der Waals surface area contributed by atoms with Gasteiger partial charge in [0.05, 0.1) is 0 Å². The number of hydrogen-bond acceptors (Lipinski definition) is 2. The van der Waals surface area contributed by atoms with Crippen LogP contribution in [0.2, 0.25) is 0 Å². The van der Waals surface area contributed by atoms with Gasteiger partial charge in [-0.15, -0.1) is 12.6 Å². The summed E-state index contributed by atoms with van der Waals surface area (Å²) in [5.41, 5.74) is 0. The molecule has 2 atom stereocenters. The van der Waals surface area contributed by atoms with Gasteiger partial charge in [0.25, 0.3) is 0 Å². The third-order valence-electron chi connectivity index (χ3n) is 2.73. The van der Waals surface area contributed by atoms with Crippen LogP contribution >= 0.6 is 12.6 Å². The molecule has 0 saturated heterocycles. The van der Waals surface area contributed by atoms with E-state index in [2.05, 4.69) is 31.6 Å². The van der Waals surface area contributed by atoms with Gasteiger partial charge in [-0.3, -0.25) is 4.79 Å². The zero-order valence-electron chi connectivity index (χ0n) is 7.79. The van der Waals surface area contributed by atoms with Crippen molar-refractivity contribution in [3.05, 3.63) is 0 Å². The van der Waals surface area contributed by atoms with E-state index in [0.717, 1.165) is 12.8 Å². The summed E-state index contributed by atoms with van der Waals surface area (Å²) < 4.78 is 0. The molecule has 0 bridgehead atoms. The highest BCUT2D eigenvalue weighted by atomic mass is 32.1. The summed E-state index contributed by atoms with van der Waals surface area (Å²) in [4.78, 5) is 13.2. The molecule has 1 aliphatic rings. The summed E-state index contributed by atoms with van der Waals surface area (Å²) in [5, 5.41) is 0.0709. The molecule has 2 nitrogen and oxygen atoms in total. The summed E-state index contributed by atoms with van der Waals surface area (Å²) in [7, 11) is 4.16. The molecule has 2 unspecified atom stereocenters. The lowest BCUT2D eigenvalue weighted by Gasteiger charge is -2.31. The number of hydrogen-bond donors (Lipinski definition) is 1. The molecule has 1 aliphatic carbocycles. The van der Waals surface area contributed by atoms with Crippen LogP contribution in [0.3, 0.4) is 0 Å². The fourth-order valence-corrected chi connectivity index (χ4v) is 2.09. The molecule has 0 heterocycles. The average Bonchev–Trinajstić information content (AvgIpc) is 2.04. The summed E-state index contributed by atoms with van der Waals surface area (Å²) in [6.45, 7) is 0. The highest BCUT2D eigenvalue weighted by Gasteiger charge is 2.26. The van der Waals surface area contributed by atoms with Crippen molar-refractivity contribution in [3.63, 3.8) is 0 Å². The predicted molar refractivity (Wildman–Crippen MR) is 53.4 cm³/mol. The van der Waals surface area contributed by atoms with Crippen LogP contribution < -0.4 is 0 Å². The smallest absolute Gasteiger partial charge is 0.189 e. The minimum Gasteiger partial charge on any atom is -0.306 e. The van der Waals surface area contributed by atoms with Crippen LogP contribution in [0.15, 0.2) is 0 Å². The molecule has 0 aromatic heterocycles. The second kappa shape index (κ2) is 4.28. The summed E-state index contributed by atoms with van der Waals surface area (Å²) in [5.74, 6) is 0.203. The van der Waals surface area contributed by atoms with Crippen LogP contribution in [0.1, 0.15) is 25.7 Å². The number of carbonyl (C=O) groups is 1. The Labute approximate surface area is 79.7 Å². The SMILES string of the molecule is CN(C)C1CCCC(C(=O)S)C1. The highest BCUT2D eigenvalue weighted by molar-refractivity contribution is 7.96. The molecule has 0 spiro atoms. The molecule has 70 valence electrons. The van der Waals surface area contributed by atoms with Crippen molar-refractivity contribution in [3.8, 4) is 0 Å². The van der Waals surface area contributed by atoms with Gasteiger partial charge in [0, 0.05) is 12.0 Å². The van der Waals surface area contributed by atoms with Gasteiger partial charge in [-0.1, -0.05) is 6.42 Å². The lowest BCUT2D eigenvalue weighted by molar-refractivity contribution is -0.115. The first-order chi connectivity index (χ1) is 5.61. The van der Waals surface area contributed by atoms with Crippen molar-refractivity contribution in [1.29, 1.82) is 0 Å². The van der Waals surface area contributed by atoms with Gasteiger partial charge in [0.2, 0.25) is 0 Å². The van der Waals surface area contributed by atoms with Crippen LogP contribution in [-0.4, -0.2) is 30.2 Å². The Morgan fingerprint density at radius 3 is 2.58 bits per heavy atom. The first-order valence-electron chi connectivity index (χ1n) is 4.50. The monoisotopic (exact) mass is 187 g/mol. The first kappa shape index (κ1) is 10.1. The van der Waals surface area contributed by atoms with E-state index in [0.29, 0.717) is 6.04 Å². The molecule has 1 saturated carbocycles. The molecule has 0 radical (unpaired) electrons. The number of carbonyl (C=O) groups excluding carboxylic acids is 1. The topological polar surface area (TPSA) is 20.3 Å². The summed E-state index contributed by atoms with van der Waals surface area (Å²) in [6.07, 6.45) is 4.42. The van der Waals surface area contributed by atoms with Crippen molar-refractivity contribution < 1.29 is 4.79 Å². The molecule has 0 N–H and O–H groups in total. The fourth-order valence-electron chi connectivity index (χ4n) is 1.86. The second-order valence-electron chi connectivity index (χ2n) is 3.82. The minimum absolute atomic E-state index is 0.0709. The molecule has 3 heteroatoms. The van der Waals surface area contributed by atoms with Gasteiger partial charge in [-0.05, 0) is 33.4 Å². The van der Waals surface area contributed by atoms with Gasteiger partial charge in [0.15, 0.2) is 5.12 Å². The Hall–Kier alpha value is -0.0200. The van der Waals surface area contributed by atoms with Crippen molar-refractivity contribution >= 4 is 17.7 Å². The van der Waals surface area contributed by atoms with E-state index in [4.69, 9.17) is 0 Å². The second-order valence-corrected chi connectivity index (χ2v) is 4.26. The molecule has 0 aromatic rings. The van der Waals surface area contributed by atoms with E-state index in [9.17, 15) is 4.79 Å². The average molecular weight is 187 g/mol. The van der Waals surface area contributed by atoms with E-state index >= 15 is 0 Å². The molecule has 12 heavy (non-hydrogen) atoms. The number of thiol groups is 1. The Balaban J connectivity index is 2.46. The van der Waals surface area contributed by atoms with Crippen LogP contribution in [0, 0.1) is 5.92 Å². The zero-order valence-corrected chi connectivity index (χ0v) is 8.68. The van der Waals surface area contributed by atoms with E-state index in [1.807, 2.05) is 0 Å². The van der Waals surface area contributed by atoms with E-state index in [-0.39, 0.29) is 11.0 Å². The van der Waals surface area contributed by atoms with E-state index in [1.165, 1.54) is 12.8 Å². The van der Waals surface area contributed by atoms with Gasteiger partial charge < -0.3 is 4.90 Å². The Bertz CT molecular complexity index is 170. The minimum atomic E-state index is 0.0709. The number of nitrogens with zero attached hydrogens (tertiary/aromatic N) is 1. The van der Waals surface area contributed by atoms with Crippen molar-refractivity contribution in [1.82, 2.24) is 4.90 Å². The quantitative estimate of drug-likeness (QED) is 0.662. The lowest BCUT2D eigenvalue weighted by atomic mass is 9.86. The lowest BCUT2D eigenvalue weighted by Crippen LogP contribution is -2.34. The molecule has 0 aromatic carbocycles. The van der Waals surface area contributed by atoms with Crippen molar-refractivity contribution in [2.45, 2.75) is 31.7 Å². The van der Waals surface area contributed by atoms with Gasteiger partial charge in [-0.2, -0.15) is 0 Å². The zero-order chi connectivity index (χ0) is 9.14. The van der Waals surface area contributed by atoms with Crippen LogP contribution in [0.25, 0.3) is 0 Å². The largest absolute Gasteiger partial charge is 0.306 e. The van der Waals surface area contributed by atoms with Gasteiger partial charge >= 0.3 is 0 Å². The normalized spacial score (nSPS) is 30.7. The first-order valence-corrected chi connectivity index (χ1v) is 4.95.